The van der Waals surface area contributed by atoms with Crippen LogP contribution in [0.15, 0.2) is 0 Å². The quantitative estimate of drug-likeness (QED) is 0.757. The van der Waals surface area contributed by atoms with Crippen LogP contribution in [0.1, 0.15) is 33.1 Å². The van der Waals surface area contributed by atoms with Crippen molar-refractivity contribution < 1.29 is 14.6 Å². The third-order valence-electron chi connectivity index (χ3n) is 4.79. The maximum atomic E-state index is 11.1. The van der Waals surface area contributed by atoms with E-state index in [9.17, 15) is 4.79 Å². The van der Waals surface area contributed by atoms with Crippen molar-refractivity contribution in [3.05, 3.63) is 0 Å². The number of hydrogen-bond acceptors (Lipinski definition) is 2. The van der Waals surface area contributed by atoms with Gasteiger partial charge in [0, 0.05) is 0 Å². The number of aliphatic carboxylic acids is 1. The van der Waals surface area contributed by atoms with Crippen molar-refractivity contribution in [3.63, 3.8) is 0 Å². The van der Waals surface area contributed by atoms with Gasteiger partial charge in [0.05, 0.1) is 18.1 Å². The molecule has 5 unspecified atom stereocenters. The Bertz CT molecular complexity index is 310. The number of carbonyl (C=O) groups is 1. The number of carboxylic acids is 1. The normalized spacial score (nSPS) is 50.7. The van der Waals surface area contributed by atoms with Crippen LogP contribution in [0.3, 0.4) is 0 Å². The van der Waals surface area contributed by atoms with Crippen LogP contribution in [0.2, 0.25) is 0 Å². The fraction of sp³-hybridized carbons (Fsp3) is 0.917. The summed E-state index contributed by atoms with van der Waals surface area (Å²) in [6, 6.07) is 0. The van der Waals surface area contributed by atoms with Crippen LogP contribution >= 0.6 is 0 Å². The Morgan fingerprint density at radius 2 is 2.13 bits per heavy atom. The molecule has 1 N–H and O–H groups in total. The van der Waals surface area contributed by atoms with Gasteiger partial charge in [-0.1, -0.05) is 13.8 Å². The Morgan fingerprint density at radius 1 is 1.40 bits per heavy atom. The van der Waals surface area contributed by atoms with Gasteiger partial charge in [-0.2, -0.15) is 0 Å². The Labute approximate surface area is 89.8 Å². The molecular weight excluding hydrogens is 192 g/mol. The molecule has 3 rings (SSSR count). The first kappa shape index (κ1) is 9.64. The van der Waals surface area contributed by atoms with Gasteiger partial charge in [-0.15, -0.1) is 0 Å². The predicted octanol–water partition coefficient (Wildman–Crippen LogP) is 1.91. The topological polar surface area (TPSA) is 46.5 Å². The van der Waals surface area contributed by atoms with Crippen LogP contribution in [-0.4, -0.2) is 23.3 Å². The van der Waals surface area contributed by atoms with Gasteiger partial charge in [-0.05, 0) is 36.5 Å². The highest BCUT2D eigenvalue weighted by atomic mass is 16.5. The van der Waals surface area contributed by atoms with Crippen molar-refractivity contribution in [1.82, 2.24) is 0 Å². The summed E-state index contributed by atoms with van der Waals surface area (Å²) in [5.74, 6) is 0.114. The van der Waals surface area contributed by atoms with Gasteiger partial charge in [-0.3, -0.25) is 4.79 Å². The van der Waals surface area contributed by atoms with Gasteiger partial charge in [-0.25, -0.2) is 0 Å². The second kappa shape index (κ2) is 2.76. The van der Waals surface area contributed by atoms with Crippen LogP contribution < -0.4 is 0 Å². The number of rotatable bonds is 2. The van der Waals surface area contributed by atoms with Crippen LogP contribution in [0, 0.1) is 23.2 Å². The zero-order valence-corrected chi connectivity index (χ0v) is 9.27. The van der Waals surface area contributed by atoms with E-state index in [-0.39, 0.29) is 11.3 Å². The van der Waals surface area contributed by atoms with Crippen molar-refractivity contribution in [3.8, 4) is 0 Å². The molecule has 0 spiro atoms. The van der Waals surface area contributed by atoms with Gasteiger partial charge in [0.25, 0.3) is 0 Å². The van der Waals surface area contributed by atoms with E-state index < -0.39 is 5.97 Å². The van der Waals surface area contributed by atoms with E-state index in [0.717, 1.165) is 12.8 Å². The minimum Gasteiger partial charge on any atom is -0.481 e. The molecule has 0 amide bonds. The number of fused-ring (bicyclic) bond motifs is 2. The second-order valence-electron chi connectivity index (χ2n) is 5.94. The second-order valence-corrected chi connectivity index (χ2v) is 5.94. The Morgan fingerprint density at radius 3 is 2.53 bits per heavy atom. The number of carboxylic acid groups (broad SMARTS) is 1. The van der Waals surface area contributed by atoms with Crippen molar-refractivity contribution >= 4 is 5.97 Å². The summed E-state index contributed by atoms with van der Waals surface area (Å²) in [6.07, 6.45) is 4.23. The third-order valence-corrected chi connectivity index (χ3v) is 4.79. The van der Waals surface area contributed by atoms with E-state index in [0.29, 0.717) is 24.0 Å². The highest BCUT2D eigenvalue weighted by molar-refractivity contribution is 5.75. The lowest BCUT2D eigenvalue weighted by molar-refractivity contribution is -0.139. The minimum absolute atomic E-state index is 0.00958. The Kier molecular flexibility index (Phi) is 1.77. The lowest BCUT2D eigenvalue weighted by Crippen LogP contribution is -2.21. The summed E-state index contributed by atoms with van der Waals surface area (Å²) in [6.45, 7) is 4.17. The van der Waals surface area contributed by atoms with Gasteiger partial charge < -0.3 is 9.84 Å². The molecule has 0 aromatic carbocycles. The summed E-state index contributed by atoms with van der Waals surface area (Å²) in [5.41, 5.74) is -0.00958. The first-order valence-corrected chi connectivity index (χ1v) is 5.90. The molecule has 3 nitrogen and oxygen atoms in total. The molecule has 3 fully saturated rings. The van der Waals surface area contributed by atoms with Crippen molar-refractivity contribution in [2.45, 2.75) is 45.3 Å². The highest BCUT2D eigenvalue weighted by Crippen LogP contribution is 2.65. The molecule has 3 aliphatic rings. The fourth-order valence-corrected chi connectivity index (χ4v) is 4.00. The molecule has 2 bridgehead atoms. The number of hydrogen-bond donors (Lipinski definition) is 1. The van der Waals surface area contributed by atoms with E-state index in [4.69, 9.17) is 9.84 Å². The summed E-state index contributed by atoms with van der Waals surface area (Å²) in [4.78, 5) is 11.1. The fourth-order valence-electron chi connectivity index (χ4n) is 4.00. The monoisotopic (exact) mass is 210 g/mol. The zero-order chi connectivity index (χ0) is 10.8. The van der Waals surface area contributed by atoms with E-state index in [2.05, 4.69) is 13.8 Å². The minimum atomic E-state index is -0.618. The lowest BCUT2D eigenvalue weighted by Gasteiger charge is -2.19. The molecule has 0 aromatic heterocycles. The smallest absolute Gasteiger partial charge is 0.307 e. The van der Waals surface area contributed by atoms with E-state index in [1.54, 1.807) is 0 Å². The van der Waals surface area contributed by atoms with E-state index in [1.807, 2.05) is 0 Å². The molecule has 15 heavy (non-hydrogen) atoms. The Balaban J connectivity index is 1.77. The molecule has 1 aliphatic carbocycles. The molecule has 1 saturated carbocycles. The molecular formula is C12H18O3. The first-order valence-electron chi connectivity index (χ1n) is 5.90. The third kappa shape index (κ3) is 1.19. The first-order chi connectivity index (χ1) is 7.01. The molecule has 0 radical (unpaired) electrons. The summed E-state index contributed by atoms with van der Waals surface area (Å²) < 4.78 is 5.81. The van der Waals surface area contributed by atoms with Crippen LogP contribution in [-0.2, 0) is 9.53 Å². The standard InChI is InChI=1S/C12H18O3/c1-12(2)9(10(12)11(13)14)7-5-6-3-4-8(7)15-6/h6-10H,3-5H2,1-2H3,(H,13,14). The van der Waals surface area contributed by atoms with Crippen LogP contribution in [0.25, 0.3) is 0 Å². The summed E-state index contributed by atoms with van der Waals surface area (Å²) >= 11 is 0. The molecule has 2 heterocycles. The van der Waals surface area contributed by atoms with Gasteiger partial charge in [0.15, 0.2) is 0 Å². The van der Waals surface area contributed by atoms with Crippen molar-refractivity contribution in [2.75, 3.05) is 0 Å². The highest BCUT2D eigenvalue weighted by Gasteiger charge is 2.67. The van der Waals surface area contributed by atoms with Gasteiger partial charge in [0.1, 0.15) is 0 Å². The molecule has 0 aromatic rings. The number of ether oxygens (including phenoxy) is 1. The molecule has 2 saturated heterocycles. The molecule has 5 atom stereocenters. The predicted molar refractivity (Wildman–Crippen MR) is 54.4 cm³/mol. The van der Waals surface area contributed by atoms with Crippen molar-refractivity contribution in [2.24, 2.45) is 23.2 Å². The Hall–Kier alpha value is -0.570. The van der Waals surface area contributed by atoms with Crippen LogP contribution in [0.5, 0.6) is 0 Å². The SMILES string of the molecule is CC1(C)C(C(=O)O)C1C1CC2CCC1O2. The average Bonchev–Trinajstić information content (AvgIpc) is 2.58. The zero-order valence-electron chi connectivity index (χ0n) is 9.27. The summed E-state index contributed by atoms with van der Waals surface area (Å²) in [7, 11) is 0. The molecule has 2 aliphatic heterocycles. The van der Waals surface area contributed by atoms with E-state index >= 15 is 0 Å². The molecule has 3 heteroatoms. The lowest BCUT2D eigenvalue weighted by atomic mass is 9.83. The largest absolute Gasteiger partial charge is 0.481 e. The van der Waals surface area contributed by atoms with Crippen LogP contribution in [0.4, 0.5) is 0 Å². The van der Waals surface area contributed by atoms with Crippen molar-refractivity contribution in [1.29, 1.82) is 0 Å². The average molecular weight is 210 g/mol. The maximum Gasteiger partial charge on any atom is 0.307 e. The van der Waals surface area contributed by atoms with E-state index in [1.165, 1.54) is 6.42 Å². The molecule has 84 valence electrons. The van der Waals surface area contributed by atoms with Gasteiger partial charge in [0.2, 0.25) is 0 Å². The summed E-state index contributed by atoms with van der Waals surface area (Å²) in [5, 5.41) is 9.15. The van der Waals surface area contributed by atoms with Gasteiger partial charge >= 0.3 is 5.97 Å². The maximum absolute atomic E-state index is 11.1.